The zero-order chi connectivity index (χ0) is 46.6. The van der Waals surface area contributed by atoms with Gasteiger partial charge in [-0.3, -0.25) is 28.6 Å². The van der Waals surface area contributed by atoms with Gasteiger partial charge in [-0.25, -0.2) is 9.59 Å². The van der Waals surface area contributed by atoms with Crippen LogP contribution in [0.5, 0.6) is 5.75 Å². The number of hydrogen-bond acceptors (Lipinski definition) is 15. The van der Waals surface area contributed by atoms with E-state index in [1.54, 1.807) is 38.3 Å². The number of rotatable bonds is 13. The largest absolute Gasteiger partial charge is 0.495 e. The number of nitrogens with one attached hydrogen (secondary N) is 1. The number of amides is 5. The molecular weight excluding hydrogens is 870 g/mol. The van der Waals surface area contributed by atoms with Gasteiger partial charge in [0.15, 0.2) is 5.25 Å². The average molecular weight is 926 g/mol. The van der Waals surface area contributed by atoms with Gasteiger partial charge in [0.05, 0.1) is 38.3 Å². The average Bonchev–Trinajstić information content (AvgIpc) is 3.96. The number of imide groups is 1. The number of allylic oxidation sites excluding steroid dienone is 3. The number of ether oxygens (including phenoxy) is 5. The summed E-state index contributed by atoms with van der Waals surface area (Å²) in [5.41, 5.74) is 7.49. The predicted molar refractivity (Wildman–Crippen MR) is 225 cm³/mol. The van der Waals surface area contributed by atoms with E-state index in [1.165, 1.54) is 38.0 Å². The number of carbonyl (C=O) groups excluding carboxylic acids is 6. The second-order valence-electron chi connectivity index (χ2n) is 16.3. The van der Waals surface area contributed by atoms with Crippen molar-refractivity contribution in [2.75, 3.05) is 39.8 Å². The monoisotopic (exact) mass is 925 g/mol. The fourth-order valence-corrected chi connectivity index (χ4v) is 8.77. The Kier molecular flexibility index (Phi) is 16.0. The molecule has 4 aliphatic heterocycles. The summed E-state index contributed by atoms with van der Waals surface area (Å²) in [6.07, 6.45) is 1.07. The molecule has 5 amide bonds. The molecule has 1 aromatic rings. The Hall–Kier alpha value is -4.64. The van der Waals surface area contributed by atoms with Crippen LogP contribution in [-0.4, -0.2) is 141 Å². The topological polar surface area (TPSA) is 263 Å². The minimum atomic E-state index is -4.77. The van der Waals surface area contributed by atoms with Crippen LogP contribution in [0, 0.1) is 5.92 Å². The lowest BCUT2D eigenvalue weighted by molar-refractivity contribution is -0.187. The number of esters is 1. The predicted octanol–water partition coefficient (Wildman–Crippen LogP) is 2.60. The normalized spacial score (nSPS) is 29.7. The van der Waals surface area contributed by atoms with Crippen LogP contribution < -0.4 is 20.7 Å². The number of nitrogens with zero attached hydrogens (tertiary/aromatic N) is 3. The van der Waals surface area contributed by atoms with Crippen LogP contribution in [0.2, 0.25) is 5.02 Å². The van der Waals surface area contributed by atoms with Crippen molar-refractivity contribution in [1.29, 1.82) is 0 Å². The molecule has 3 saturated heterocycles. The molecule has 0 radical (unpaired) electrons. The van der Waals surface area contributed by atoms with Crippen molar-refractivity contribution >= 4 is 63.1 Å². The first-order chi connectivity index (χ1) is 29.6. The zero-order valence-electron chi connectivity index (χ0n) is 36.2. The van der Waals surface area contributed by atoms with Crippen LogP contribution in [0.4, 0.5) is 10.5 Å². The molecule has 0 aliphatic carbocycles. The van der Waals surface area contributed by atoms with Crippen molar-refractivity contribution in [3.63, 3.8) is 0 Å². The minimum absolute atomic E-state index is 0.00841. The smallest absolute Gasteiger partial charge is 0.408 e. The molecule has 2 unspecified atom stereocenters. The number of hydrogen-bond donors (Lipinski definition) is 3. The number of unbranched alkanes of at least 4 members (excludes halogenated alkanes) is 2. The third-order valence-electron chi connectivity index (χ3n) is 11.7. The number of carbonyl (C=O) groups is 6. The lowest BCUT2D eigenvalue weighted by Gasteiger charge is -2.43. The summed E-state index contributed by atoms with van der Waals surface area (Å²) in [5.74, 6) is -3.90. The Morgan fingerprint density at radius 3 is 2.48 bits per heavy atom. The second-order valence-corrected chi connectivity index (χ2v) is 18.3. The van der Waals surface area contributed by atoms with E-state index in [0.717, 1.165) is 11.1 Å². The first-order valence-corrected chi connectivity index (χ1v) is 22.3. The maximum Gasteiger partial charge on any atom is 0.408 e. The minimum Gasteiger partial charge on any atom is -0.495 e. The van der Waals surface area contributed by atoms with E-state index in [2.05, 4.69) is 5.32 Å². The maximum atomic E-state index is 14.1. The highest BCUT2D eigenvalue weighted by atomic mass is 35.5. The maximum absolute atomic E-state index is 14.1. The molecule has 0 aromatic heterocycles. The van der Waals surface area contributed by atoms with Crippen LogP contribution in [0.3, 0.4) is 0 Å². The van der Waals surface area contributed by atoms with Crippen LogP contribution in [0.15, 0.2) is 35.9 Å². The van der Waals surface area contributed by atoms with Crippen molar-refractivity contribution < 1.29 is 70.3 Å². The molecule has 4 N–H and O–H groups in total. The van der Waals surface area contributed by atoms with Crippen LogP contribution in [-0.2, 0) is 64.3 Å². The van der Waals surface area contributed by atoms with Crippen molar-refractivity contribution in [3.05, 3.63) is 46.5 Å². The van der Waals surface area contributed by atoms with Crippen molar-refractivity contribution in [2.24, 2.45) is 11.7 Å². The van der Waals surface area contributed by atoms with Gasteiger partial charge in [0, 0.05) is 40.0 Å². The highest BCUT2D eigenvalue weighted by molar-refractivity contribution is 7.87. The summed E-state index contributed by atoms with van der Waals surface area (Å²) >= 11 is 6.75. The molecule has 4 heterocycles. The van der Waals surface area contributed by atoms with E-state index in [9.17, 15) is 41.7 Å². The molecule has 0 saturated carbocycles. The second kappa shape index (κ2) is 20.5. The molecule has 4 bridgehead atoms. The molecule has 4 aliphatic rings. The summed E-state index contributed by atoms with van der Waals surface area (Å²) in [6.45, 7) is 5.07. The Balaban J connectivity index is 1.29. The Morgan fingerprint density at radius 2 is 1.83 bits per heavy atom. The number of alkyl carbamates (subject to hydrolysis) is 1. The van der Waals surface area contributed by atoms with E-state index in [4.69, 9.17) is 45.9 Å². The van der Waals surface area contributed by atoms with Crippen LogP contribution in [0.1, 0.15) is 71.3 Å². The molecule has 9 atom stereocenters. The number of benzene rings is 1. The Morgan fingerprint density at radius 1 is 1.11 bits per heavy atom. The molecule has 63 heavy (non-hydrogen) atoms. The van der Waals surface area contributed by atoms with Gasteiger partial charge in [0.2, 0.25) is 11.8 Å². The van der Waals surface area contributed by atoms with E-state index in [-0.39, 0.29) is 30.9 Å². The van der Waals surface area contributed by atoms with Gasteiger partial charge >= 0.3 is 12.1 Å². The number of methoxy groups -OCH3 is 2. The number of fused-ring (bicyclic) bond motifs is 5. The molecule has 5 rings (SSSR count). The first kappa shape index (κ1) is 49.4. The lowest BCUT2D eigenvalue weighted by atomic mass is 9.86. The number of likely N-dealkylation sites (N-methyl/N-ethyl adjacent to an activating group) is 1. The highest BCUT2D eigenvalue weighted by Crippen LogP contribution is 2.41. The quantitative estimate of drug-likeness (QED) is 0.0844. The van der Waals surface area contributed by atoms with Gasteiger partial charge < -0.3 is 44.5 Å². The third kappa shape index (κ3) is 11.7. The van der Waals surface area contributed by atoms with Gasteiger partial charge in [-0.15, -0.1) is 0 Å². The molecule has 20 nitrogen and oxygen atoms in total. The van der Waals surface area contributed by atoms with Crippen LogP contribution >= 0.6 is 11.6 Å². The van der Waals surface area contributed by atoms with Gasteiger partial charge in [0.25, 0.3) is 21.9 Å². The zero-order valence-corrected chi connectivity index (χ0v) is 37.8. The number of nitrogens with two attached hydrogens (primary N) is 1. The summed E-state index contributed by atoms with van der Waals surface area (Å²) in [5, 5.41) is 1.31. The van der Waals surface area contributed by atoms with E-state index in [0.29, 0.717) is 42.2 Å². The third-order valence-corrected chi connectivity index (χ3v) is 13.2. The fourth-order valence-electron chi connectivity index (χ4n) is 7.76. The molecule has 0 spiro atoms. The first-order valence-electron chi connectivity index (χ1n) is 20.4. The summed E-state index contributed by atoms with van der Waals surface area (Å²) in [6, 6.07) is 2.44. The van der Waals surface area contributed by atoms with E-state index >= 15 is 0 Å². The van der Waals surface area contributed by atoms with Crippen molar-refractivity contribution in [3.8, 4) is 5.75 Å². The lowest BCUT2D eigenvalue weighted by Crippen LogP contribution is -2.68. The van der Waals surface area contributed by atoms with E-state index in [1.807, 2.05) is 13.0 Å². The van der Waals surface area contributed by atoms with Gasteiger partial charge in [-0.2, -0.15) is 13.5 Å². The molecule has 22 heteroatoms. The molecule has 1 aromatic carbocycles. The van der Waals surface area contributed by atoms with Gasteiger partial charge in [0.1, 0.15) is 46.9 Å². The molecule has 3 fully saturated rings. The number of anilines is 1. The van der Waals surface area contributed by atoms with Crippen molar-refractivity contribution in [2.45, 2.75) is 120 Å². The Bertz CT molecular complexity index is 2120. The molecule has 348 valence electrons. The Labute approximate surface area is 371 Å². The highest BCUT2D eigenvalue weighted by Gasteiger charge is 2.56. The van der Waals surface area contributed by atoms with Crippen LogP contribution in [0.25, 0.3) is 0 Å². The van der Waals surface area contributed by atoms with Gasteiger partial charge in [-0.1, -0.05) is 48.7 Å². The SMILES string of the molecule is COc1cc2cc(c1Cl)N(C)C(=O)C[C@H](OC(=O)[C@H](C)N(C)C(=O)CCCCCON1C(=O)CC(S(=O)(=O)O)C1=O)[C@H]1O[C@H]1[C@H](C)C1C[C@@](N)(NC(=O)O1)[C@H](OC)/C=C/C=C(\C)C2. The summed E-state index contributed by atoms with van der Waals surface area (Å²) in [7, 11) is 1.15. The van der Waals surface area contributed by atoms with Gasteiger partial charge in [-0.05, 0) is 50.8 Å². The molecular formula is C41H56ClN5O15S. The van der Waals surface area contributed by atoms with E-state index < -0.39 is 106 Å². The summed E-state index contributed by atoms with van der Waals surface area (Å²) < 4.78 is 61.0. The fraction of sp³-hybridized carbons (Fsp3) is 0.610. The number of epoxide rings is 1. The number of hydroxylamine groups is 2. The van der Waals surface area contributed by atoms with Crippen molar-refractivity contribution in [1.82, 2.24) is 15.3 Å². The summed E-state index contributed by atoms with van der Waals surface area (Å²) in [4.78, 5) is 85.9. The standard InChI is InChI=1S/C41H56ClN5O15S/c1-22-12-11-13-31(58-7)41(43)21-29(61-40(53)44-41)23(2)36-37(62-36)28(19-33(49)46(5)26-17-25(16-22)18-27(57-6)35(26)42)60-39(52)24(3)45(4)32(48)14-9-8-10-15-59-47-34(50)20-30(38(47)51)63(54,55)56/h11-13,17-18,23-24,28-31,36-37H,8-10,14-16,19-21,43H2,1-7H3,(H,44,53)(H,54,55,56)/b13-11+,22-12+/t23-,24+,28+,29?,30?,31-,36+,37-,41-/m1/s1. The number of halogens is 1.